The Morgan fingerprint density at radius 2 is 2.04 bits per heavy atom. The van der Waals surface area contributed by atoms with E-state index in [9.17, 15) is 4.79 Å². The first-order valence-electron chi connectivity index (χ1n) is 8.98. The molecule has 2 aromatic carbocycles. The van der Waals surface area contributed by atoms with E-state index >= 15 is 0 Å². The van der Waals surface area contributed by atoms with E-state index in [0.29, 0.717) is 34.9 Å². The van der Waals surface area contributed by atoms with Crippen molar-refractivity contribution in [1.82, 2.24) is 25.5 Å². The smallest absolute Gasteiger partial charge is 0.251 e. The number of rotatable bonds is 8. The molecule has 142 valence electrons. The zero-order valence-corrected chi connectivity index (χ0v) is 15.9. The number of oxazole rings is 1. The second kappa shape index (κ2) is 8.71. The van der Waals surface area contributed by atoms with Crippen LogP contribution >= 0.6 is 11.8 Å². The van der Waals surface area contributed by atoms with Crippen LogP contribution in [0.15, 0.2) is 64.4 Å². The van der Waals surface area contributed by atoms with Crippen LogP contribution < -0.4 is 5.32 Å². The molecule has 0 radical (unpaired) electrons. The van der Waals surface area contributed by atoms with Crippen LogP contribution in [-0.2, 0) is 12.8 Å². The average Bonchev–Trinajstić information content (AvgIpc) is 3.39. The molecule has 2 heterocycles. The molecular weight excluding hydrogens is 374 g/mol. The van der Waals surface area contributed by atoms with Crippen molar-refractivity contribution in [1.29, 1.82) is 0 Å². The average molecular weight is 393 g/mol. The van der Waals surface area contributed by atoms with E-state index in [1.54, 1.807) is 18.2 Å². The van der Waals surface area contributed by atoms with Crippen molar-refractivity contribution in [3.8, 4) is 0 Å². The number of hydrogen-bond acceptors (Lipinski definition) is 6. The van der Waals surface area contributed by atoms with Gasteiger partial charge in [0.2, 0.25) is 0 Å². The lowest BCUT2D eigenvalue weighted by molar-refractivity contribution is 0.0956. The van der Waals surface area contributed by atoms with Crippen LogP contribution in [0.4, 0.5) is 0 Å². The molecule has 0 aliphatic rings. The molecular formula is C20H19N5O2S. The Morgan fingerprint density at radius 1 is 1.14 bits per heavy atom. The summed E-state index contributed by atoms with van der Waals surface area (Å²) in [5.41, 5.74) is 3.21. The van der Waals surface area contributed by atoms with E-state index in [4.69, 9.17) is 4.42 Å². The molecule has 7 nitrogen and oxygen atoms in total. The van der Waals surface area contributed by atoms with Crippen LogP contribution in [0, 0.1) is 0 Å². The largest absolute Gasteiger partial charge is 0.441 e. The summed E-state index contributed by atoms with van der Waals surface area (Å²) >= 11 is 1.50. The van der Waals surface area contributed by atoms with Gasteiger partial charge >= 0.3 is 0 Å². The SMILES string of the molecule is O=C(NCCSc1ncn[nH]1)c1ccc2oc(CCc3ccccc3)nc2c1. The quantitative estimate of drug-likeness (QED) is 0.352. The number of thioether (sulfide) groups is 1. The van der Waals surface area contributed by atoms with Crippen molar-refractivity contribution in [2.45, 2.75) is 18.0 Å². The molecule has 4 aromatic rings. The number of nitrogens with one attached hydrogen (secondary N) is 2. The second-order valence-corrected chi connectivity index (χ2v) is 7.25. The Morgan fingerprint density at radius 3 is 2.86 bits per heavy atom. The molecule has 2 aromatic heterocycles. The Kier molecular flexibility index (Phi) is 5.67. The van der Waals surface area contributed by atoms with E-state index in [2.05, 4.69) is 37.6 Å². The predicted molar refractivity (Wildman–Crippen MR) is 107 cm³/mol. The first kappa shape index (κ1) is 18.2. The van der Waals surface area contributed by atoms with Gasteiger partial charge in [-0.05, 0) is 30.2 Å². The van der Waals surface area contributed by atoms with Gasteiger partial charge in [0.15, 0.2) is 16.6 Å². The van der Waals surface area contributed by atoms with E-state index in [0.717, 1.165) is 18.0 Å². The number of aryl methyl sites for hydroxylation is 2. The van der Waals surface area contributed by atoms with Gasteiger partial charge in [0.1, 0.15) is 11.8 Å². The number of aromatic nitrogens is 4. The summed E-state index contributed by atoms with van der Waals surface area (Å²) in [4.78, 5) is 20.9. The van der Waals surface area contributed by atoms with Gasteiger partial charge in [0.25, 0.3) is 5.91 Å². The van der Waals surface area contributed by atoms with Gasteiger partial charge in [-0.2, -0.15) is 5.10 Å². The molecule has 0 bridgehead atoms. The van der Waals surface area contributed by atoms with Crippen LogP contribution in [-0.4, -0.2) is 38.4 Å². The number of amides is 1. The molecule has 2 N–H and O–H groups in total. The molecule has 0 aliphatic heterocycles. The maximum Gasteiger partial charge on any atom is 0.251 e. The first-order valence-corrected chi connectivity index (χ1v) is 9.96. The zero-order valence-electron chi connectivity index (χ0n) is 15.1. The summed E-state index contributed by atoms with van der Waals surface area (Å²) in [7, 11) is 0. The number of fused-ring (bicyclic) bond motifs is 1. The van der Waals surface area contributed by atoms with Crippen LogP contribution in [0.3, 0.4) is 0 Å². The van der Waals surface area contributed by atoms with Gasteiger partial charge in [-0.25, -0.2) is 9.97 Å². The lowest BCUT2D eigenvalue weighted by atomic mass is 10.1. The molecule has 0 unspecified atom stereocenters. The standard InChI is InChI=1S/C20H19N5O2S/c26-19(21-10-11-28-20-22-13-23-25-20)15-7-8-17-16(12-15)24-18(27-17)9-6-14-4-2-1-3-5-14/h1-5,7-8,12-13H,6,9-11H2,(H,21,26)(H,22,23,25). The summed E-state index contributed by atoms with van der Waals surface area (Å²) in [6, 6.07) is 15.6. The number of aromatic amines is 1. The molecule has 0 saturated carbocycles. The fourth-order valence-corrected chi connectivity index (χ4v) is 3.43. The summed E-state index contributed by atoms with van der Waals surface area (Å²) in [6.07, 6.45) is 3.05. The lowest BCUT2D eigenvalue weighted by Crippen LogP contribution is -2.25. The van der Waals surface area contributed by atoms with E-state index in [1.807, 2.05) is 18.2 Å². The maximum absolute atomic E-state index is 12.4. The molecule has 0 atom stereocenters. The number of nitrogens with zero attached hydrogens (tertiary/aromatic N) is 3. The van der Waals surface area contributed by atoms with Crippen LogP contribution in [0.2, 0.25) is 0 Å². The van der Waals surface area contributed by atoms with E-state index < -0.39 is 0 Å². The fraction of sp³-hybridized carbons (Fsp3) is 0.200. The van der Waals surface area contributed by atoms with Crippen LogP contribution in [0.25, 0.3) is 11.1 Å². The minimum Gasteiger partial charge on any atom is -0.441 e. The maximum atomic E-state index is 12.4. The van der Waals surface area contributed by atoms with E-state index in [1.165, 1.54) is 23.7 Å². The molecule has 1 amide bonds. The highest BCUT2D eigenvalue weighted by Gasteiger charge is 2.11. The molecule has 8 heteroatoms. The van der Waals surface area contributed by atoms with Crippen molar-refractivity contribution in [2.75, 3.05) is 12.3 Å². The second-order valence-electron chi connectivity index (χ2n) is 6.17. The number of benzene rings is 2. The third-order valence-corrected chi connectivity index (χ3v) is 5.06. The summed E-state index contributed by atoms with van der Waals surface area (Å²) in [6.45, 7) is 0.531. The van der Waals surface area contributed by atoms with Crippen molar-refractivity contribution >= 4 is 28.8 Å². The van der Waals surface area contributed by atoms with Gasteiger partial charge < -0.3 is 9.73 Å². The topological polar surface area (TPSA) is 96.7 Å². The van der Waals surface area contributed by atoms with Crippen LogP contribution in [0.5, 0.6) is 0 Å². The highest BCUT2D eigenvalue weighted by molar-refractivity contribution is 7.99. The van der Waals surface area contributed by atoms with E-state index in [-0.39, 0.29) is 5.91 Å². The Bertz CT molecular complexity index is 1050. The highest BCUT2D eigenvalue weighted by atomic mass is 32.2. The summed E-state index contributed by atoms with van der Waals surface area (Å²) < 4.78 is 5.80. The zero-order chi connectivity index (χ0) is 19.2. The Balaban J connectivity index is 1.33. The van der Waals surface area contributed by atoms with Gasteiger partial charge in [0.05, 0.1) is 0 Å². The van der Waals surface area contributed by atoms with Gasteiger partial charge in [0, 0.05) is 24.3 Å². The molecule has 0 fully saturated rings. The number of carbonyl (C=O) groups excluding carboxylic acids is 1. The number of hydrogen-bond donors (Lipinski definition) is 2. The highest BCUT2D eigenvalue weighted by Crippen LogP contribution is 2.19. The molecule has 0 spiro atoms. The lowest BCUT2D eigenvalue weighted by Gasteiger charge is -2.04. The predicted octanol–water partition coefficient (Wildman–Crippen LogP) is 3.25. The number of H-pyrrole nitrogens is 1. The van der Waals surface area contributed by atoms with Crippen molar-refractivity contribution < 1.29 is 9.21 Å². The van der Waals surface area contributed by atoms with Crippen molar-refractivity contribution in [3.63, 3.8) is 0 Å². The van der Waals surface area contributed by atoms with Gasteiger partial charge in [-0.1, -0.05) is 42.1 Å². The summed E-state index contributed by atoms with van der Waals surface area (Å²) in [5, 5.41) is 10.2. The third kappa shape index (κ3) is 4.58. The molecule has 4 rings (SSSR count). The minimum absolute atomic E-state index is 0.131. The fourth-order valence-electron chi connectivity index (χ4n) is 2.80. The normalized spacial score (nSPS) is 11.0. The number of carbonyl (C=O) groups is 1. The minimum atomic E-state index is -0.131. The first-order chi connectivity index (χ1) is 13.8. The Hall–Kier alpha value is -3.13. The molecule has 28 heavy (non-hydrogen) atoms. The van der Waals surface area contributed by atoms with Crippen molar-refractivity contribution in [2.24, 2.45) is 0 Å². The monoisotopic (exact) mass is 393 g/mol. The van der Waals surface area contributed by atoms with Gasteiger partial charge in [-0.3, -0.25) is 9.89 Å². The van der Waals surface area contributed by atoms with Crippen molar-refractivity contribution in [3.05, 3.63) is 71.9 Å². The molecule has 0 aliphatic carbocycles. The van der Waals surface area contributed by atoms with Crippen LogP contribution in [0.1, 0.15) is 21.8 Å². The third-order valence-electron chi connectivity index (χ3n) is 4.18. The molecule has 0 saturated heterocycles. The van der Waals surface area contributed by atoms with Gasteiger partial charge in [-0.15, -0.1) is 0 Å². The Labute approximate surface area is 166 Å². The summed E-state index contributed by atoms with van der Waals surface area (Å²) in [5.74, 6) is 1.25.